The molecule has 3 rings (SSSR count). The standard InChI is InChI=1S/C27H32N2O3S2/c1-20-12-14-25(15-13-20)34(31,32)29(26-11-7-9-21(2)23(26)4)18-27(30)28-16-17-33-19-24-10-6-5-8-22(24)3/h5-15H,16-19H2,1-4H3,(H,28,30). The van der Waals surface area contributed by atoms with Crippen LogP contribution >= 0.6 is 11.8 Å². The third-order valence-electron chi connectivity index (χ3n) is 5.83. The fraction of sp³-hybridized carbons (Fsp3) is 0.296. The van der Waals surface area contributed by atoms with Gasteiger partial charge in [0.25, 0.3) is 10.0 Å². The summed E-state index contributed by atoms with van der Waals surface area (Å²) in [4.78, 5) is 13.0. The molecule has 7 heteroatoms. The van der Waals surface area contributed by atoms with Crippen LogP contribution in [-0.2, 0) is 20.6 Å². The zero-order valence-electron chi connectivity index (χ0n) is 20.2. The molecule has 0 aromatic heterocycles. The molecule has 3 aromatic carbocycles. The smallest absolute Gasteiger partial charge is 0.264 e. The number of benzene rings is 3. The van der Waals surface area contributed by atoms with Crippen molar-refractivity contribution in [3.63, 3.8) is 0 Å². The molecule has 3 aromatic rings. The van der Waals surface area contributed by atoms with Gasteiger partial charge in [-0.15, -0.1) is 0 Å². The van der Waals surface area contributed by atoms with Crippen LogP contribution in [0.25, 0.3) is 0 Å². The van der Waals surface area contributed by atoms with E-state index in [2.05, 4.69) is 24.4 Å². The SMILES string of the molecule is Cc1ccc(S(=O)(=O)N(CC(=O)NCCSCc2ccccc2C)c2cccc(C)c2C)cc1. The zero-order valence-corrected chi connectivity index (χ0v) is 21.8. The van der Waals surface area contributed by atoms with Crippen molar-refractivity contribution in [1.29, 1.82) is 0 Å². The molecule has 0 unspecified atom stereocenters. The van der Waals surface area contributed by atoms with Gasteiger partial charge in [-0.05, 0) is 68.1 Å². The predicted molar refractivity (Wildman–Crippen MR) is 142 cm³/mol. The number of hydrogen-bond acceptors (Lipinski definition) is 4. The maximum absolute atomic E-state index is 13.6. The Kier molecular flexibility index (Phi) is 8.80. The third kappa shape index (κ3) is 6.42. The molecule has 0 aliphatic rings. The first-order chi connectivity index (χ1) is 16.2. The number of anilines is 1. The molecule has 0 aliphatic carbocycles. The van der Waals surface area contributed by atoms with Crippen molar-refractivity contribution in [2.45, 2.75) is 38.3 Å². The summed E-state index contributed by atoms with van der Waals surface area (Å²) >= 11 is 1.74. The number of carbonyl (C=O) groups excluding carboxylic acids is 1. The molecule has 0 spiro atoms. The van der Waals surface area contributed by atoms with E-state index in [1.807, 2.05) is 45.0 Å². The molecule has 0 radical (unpaired) electrons. The number of hydrogen-bond donors (Lipinski definition) is 1. The highest BCUT2D eigenvalue weighted by molar-refractivity contribution is 7.98. The Hall–Kier alpha value is -2.77. The highest BCUT2D eigenvalue weighted by Crippen LogP contribution is 2.28. The molecular weight excluding hydrogens is 464 g/mol. The van der Waals surface area contributed by atoms with Crippen LogP contribution < -0.4 is 9.62 Å². The number of nitrogens with zero attached hydrogens (tertiary/aromatic N) is 1. The highest BCUT2D eigenvalue weighted by atomic mass is 32.2. The Labute approximate surface area is 207 Å². The first-order valence-corrected chi connectivity index (χ1v) is 13.8. The Morgan fingerprint density at radius 2 is 1.56 bits per heavy atom. The van der Waals surface area contributed by atoms with Gasteiger partial charge >= 0.3 is 0 Å². The molecule has 0 bridgehead atoms. The van der Waals surface area contributed by atoms with Gasteiger partial charge in [-0.25, -0.2) is 8.42 Å². The maximum atomic E-state index is 13.6. The first kappa shape index (κ1) is 25.8. The van der Waals surface area contributed by atoms with Gasteiger partial charge in [0.05, 0.1) is 10.6 Å². The summed E-state index contributed by atoms with van der Waals surface area (Å²) in [7, 11) is -3.91. The quantitative estimate of drug-likeness (QED) is 0.394. The van der Waals surface area contributed by atoms with E-state index >= 15 is 0 Å². The summed E-state index contributed by atoms with van der Waals surface area (Å²) in [5.41, 5.74) is 5.82. The normalized spacial score (nSPS) is 11.3. The lowest BCUT2D eigenvalue weighted by Crippen LogP contribution is -2.41. The number of thioether (sulfide) groups is 1. The molecule has 0 fully saturated rings. The number of sulfonamides is 1. The van der Waals surface area contributed by atoms with Crippen LogP contribution in [0.2, 0.25) is 0 Å². The van der Waals surface area contributed by atoms with E-state index in [9.17, 15) is 13.2 Å². The second-order valence-corrected chi connectivity index (χ2v) is 11.3. The molecule has 1 N–H and O–H groups in total. The fourth-order valence-electron chi connectivity index (χ4n) is 3.55. The van der Waals surface area contributed by atoms with Gasteiger partial charge in [0.1, 0.15) is 6.54 Å². The van der Waals surface area contributed by atoms with Gasteiger partial charge in [0.15, 0.2) is 0 Å². The maximum Gasteiger partial charge on any atom is 0.264 e. The van der Waals surface area contributed by atoms with Crippen molar-refractivity contribution < 1.29 is 13.2 Å². The minimum Gasteiger partial charge on any atom is -0.354 e. The minimum absolute atomic E-state index is 0.167. The van der Waals surface area contributed by atoms with E-state index in [0.29, 0.717) is 12.2 Å². The van der Waals surface area contributed by atoms with Crippen LogP contribution in [0.1, 0.15) is 27.8 Å². The number of aryl methyl sites for hydroxylation is 3. The molecule has 0 atom stereocenters. The summed E-state index contributed by atoms with van der Waals surface area (Å²) in [5, 5.41) is 2.88. The van der Waals surface area contributed by atoms with E-state index in [-0.39, 0.29) is 17.3 Å². The minimum atomic E-state index is -3.91. The predicted octanol–water partition coefficient (Wildman–Crippen LogP) is 5.17. The second-order valence-electron chi connectivity index (χ2n) is 8.37. The first-order valence-electron chi connectivity index (χ1n) is 11.2. The number of rotatable bonds is 10. The van der Waals surface area contributed by atoms with Crippen molar-refractivity contribution in [2.24, 2.45) is 0 Å². The summed E-state index contributed by atoms with van der Waals surface area (Å²) in [6.45, 7) is 8.00. The molecule has 0 heterocycles. The molecule has 0 saturated carbocycles. The summed E-state index contributed by atoms with van der Waals surface area (Å²) in [5.74, 6) is 1.29. The lowest BCUT2D eigenvalue weighted by atomic mass is 10.1. The number of carbonyl (C=O) groups is 1. The molecular formula is C27H32N2O3S2. The number of amides is 1. The largest absolute Gasteiger partial charge is 0.354 e. The van der Waals surface area contributed by atoms with Crippen LogP contribution in [-0.4, -0.2) is 33.2 Å². The van der Waals surface area contributed by atoms with Gasteiger partial charge in [0, 0.05) is 18.1 Å². The van der Waals surface area contributed by atoms with Crippen LogP contribution in [0, 0.1) is 27.7 Å². The van der Waals surface area contributed by atoms with E-state index in [0.717, 1.165) is 28.2 Å². The summed E-state index contributed by atoms with van der Waals surface area (Å²) < 4.78 is 28.3. The topological polar surface area (TPSA) is 66.5 Å². The van der Waals surface area contributed by atoms with Crippen LogP contribution in [0.5, 0.6) is 0 Å². The average Bonchev–Trinajstić information content (AvgIpc) is 2.80. The van der Waals surface area contributed by atoms with E-state index in [1.165, 1.54) is 15.4 Å². The Morgan fingerprint density at radius 1 is 0.882 bits per heavy atom. The molecule has 34 heavy (non-hydrogen) atoms. The van der Waals surface area contributed by atoms with E-state index in [4.69, 9.17) is 0 Å². The summed E-state index contributed by atoms with van der Waals surface area (Å²) in [6, 6.07) is 20.5. The van der Waals surface area contributed by atoms with E-state index in [1.54, 1.807) is 42.1 Å². The molecule has 180 valence electrons. The molecule has 0 aliphatic heterocycles. The zero-order chi connectivity index (χ0) is 24.7. The van der Waals surface area contributed by atoms with E-state index < -0.39 is 10.0 Å². The van der Waals surface area contributed by atoms with Crippen molar-refractivity contribution >= 4 is 33.4 Å². The van der Waals surface area contributed by atoms with Gasteiger partial charge < -0.3 is 5.32 Å². The Morgan fingerprint density at radius 3 is 2.26 bits per heavy atom. The lowest BCUT2D eigenvalue weighted by molar-refractivity contribution is -0.119. The average molecular weight is 497 g/mol. The highest BCUT2D eigenvalue weighted by Gasteiger charge is 2.28. The molecule has 0 saturated heterocycles. The third-order valence-corrected chi connectivity index (χ3v) is 8.61. The van der Waals surface area contributed by atoms with Crippen LogP contribution in [0.15, 0.2) is 71.6 Å². The van der Waals surface area contributed by atoms with Crippen LogP contribution in [0.3, 0.4) is 0 Å². The molecule has 1 amide bonds. The Balaban J connectivity index is 1.70. The van der Waals surface area contributed by atoms with Gasteiger partial charge in [-0.1, -0.05) is 54.1 Å². The fourth-order valence-corrected chi connectivity index (χ4v) is 5.96. The van der Waals surface area contributed by atoms with Crippen LogP contribution in [0.4, 0.5) is 5.69 Å². The van der Waals surface area contributed by atoms with Crippen molar-refractivity contribution in [3.05, 3.63) is 94.5 Å². The van der Waals surface area contributed by atoms with Gasteiger partial charge in [-0.2, -0.15) is 11.8 Å². The monoisotopic (exact) mass is 496 g/mol. The van der Waals surface area contributed by atoms with Gasteiger partial charge in [0.2, 0.25) is 5.91 Å². The molecule has 5 nitrogen and oxygen atoms in total. The van der Waals surface area contributed by atoms with Crippen molar-refractivity contribution in [2.75, 3.05) is 23.1 Å². The lowest BCUT2D eigenvalue weighted by Gasteiger charge is -2.26. The van der Waals surface area contributed by atoms with Crippen molar-refractivity contribution in [1.82, 2.24) is 5.32 Å². The number of nitrogens with one attached hydrogen (secondary N) is 1. The second kappa shape index (κ2) is 11.6. The Bertz CT molecular complexity index is 1240. The van der Waals surface area contributed by atoms with Gasteiger partial charge in [-0.3, -0.25) is 9.10 Å². The summed E-state index contributed by atoms with van der Waals surface area (Å²) in [6.07, 6.45) is 0. The van der Waals surface area contributed by atoms with Crippen molar-refractivity contribution in [3.8, 4) is 0 Å².